The molecule has 0 saturated heterocycles. The van der Waals surface area contributed by atoms with E-state index in [9.17, 15) is 0 Å². The van der Waals surface area contributed by atoms with Gasteiger partial charge in [0.15, 0.2) is 17.5 Å². The minimum Gasteiger partial charge on any atom is -0.263 e. The number of para-hydroxylation sites is 2. The van der Waals surface area contributed by atoms with Crippen molar-refractivity contribution in [1.82, 2.24) is 15.0 Å². The third-order valence-electron chi connectivity index (χ3n) is 8.94. The van der Waals surface area contributed by atoms with Crippen LogP contribution < -0.4 is 0 Å². The first-order valence-electron chi connectivity index (χ1n) is 17.2. The molecule has 0 radical (unpaired) electrons. The van der Waals surface area contributed by atoms with Crippen LogP contribution in [0.2, 0.25) is 0 Å². The van der Waals surface area contributed by atoms with Gasteiger partial charge in [-0.25, -0.2) is 15.0 Å². The first-order chi connectivity index (χ1) is 25.6. The molecule has 1 heterocycles. The lowest BCUT2D eigenvalue weighted by atomic mass is 9.98. The lowest BCUT2D eigenvalue weighted by Crippen LogP contribution is -2.00. The van der Waals surface area contributed by atoms with Gasteiger partial charge in [0.2, 0.25) is 0 Å². The molecular formula is C47H37N5. The fraction of sp³-hybridized carbons (Fsp3) is 0.0426. The van der Waals surface area contributed by atoms with Crippen molar-refractivity contribution in [2.45, 2.75) is 13.8 Å². The average Bonchev–Trinajstić information content (AvgIpc) is 3.21. The second kappa shape index (κ2) is 15.4. The summed E-state index contributed by atoms with van der Waals surface area (Å²) in [5.74, 6) is 1.77. The maximum absolute atomic E-state index is 5.02. The molecule has 0 fully saturated rings. The van der Waals surface area contributed by atoms with Crippen LogP contribution in [-0.2, 0) is 0 Å². The molecule has 7 aromatic rings. The quantitative estimate of drug-likeness (QED) is 0.136. The number of aromatic nitrogens is 3. The smallest absolute Gasteiger partial charge is 0.164 e. The highest BCUT2D eigenvalue weighted by atomic mass is 15.0. The maximum Gasteiger partial charge on any atom is 0.164 e. The van der Waals surface area contributed by atoms with Crippen LogP contribution in [0.1, 0.15) is 25.0 Å². The van der Waals surface area contributed by atoms with Crippen molar-refractivity contribution in [3.05, 3.63) is 163 Å². The zero-order valence-electron chi connectivity index (χ0n) is 29.2. The third kappa shape index (κ3) is 6.93. The summed E-state index contributed by atoms with van der Waals surface area (Å²) >= 11 is 0. The van der Waals surface area contributed by atoms with Gasteiger partial charge < -0.3 is 0 Å². The predicted octanol–water partition coefficient (Wildman–Crippen LogP) is 12.6. The SMILES string of the molecule is C=Nc1c(/C=C\C)cccc1-c1ccc(-c2nc(-c3ccc(-c4ccccc4)cc3)nc(-c3ccc(-c4cccc(/C=C\C)c4N=C)cc3)n2)cc1. The van der Waals surface area contributed by atoms with Crippen molar-refractivity contribution in [1.29, 1.82) is 0 Å². The van der Waals surface area contributed by atoms with Crippen LogP contribution >= 0.6 is 0 Å². The number of nitrogens with zero attached hydrogens (tertiary/aromatic N) is 5. The number of rotatable bonds is 10. The van der Waals surface area contributed by atoms with Gasteiger partial charge in [0.05, 0.1) is 11.4 Å². The predicted molar refractivity (Wildman–Crippen MR) is 220 cm³/mol. The highest BCUT2D eigenvalue weighted by molar-refractivity contribution is 5.86. The Morgan fingerprint density at radius 3 is 1.10 bits per heavy atom. The Morgan fingerprint density at radius 2 is 0.731 bits per heavy atom. The second-order valence-corrected chi connectivity index (χ2v) is 12.2. The van der Waals surface area contributed by atoms with Crippen molar-refractivity contribution in [3.63, 3.8) is 0 Å². The molecule has 6 aromatic carbocycles. The van der Waals surface area contributed by atoms with E-state index in [0.717, 1.165) is 72.6 Å². The van der Waals surface area contributed by atoms with Crippen molar-refractivity contribution < 1.29 is 0 Å². The van der Waals surface area contributed by atoms with Crippen molar-refractivity contribution >= 4 is 37.0 Å². The standard InChI is InChI=1S/C47H37N5/c1-5-12-36-16-10-18-41(43(36)48-3)34-22-28-39(29-23-34)46-50-45(38-26-20-33(21-27-38)32-14-8-7-9-15-32)51-47(52-46)40-30-24-35(25-31-40)42-19-11-17-37(13-6-2)44(42)49-4/h5-31H,3-4H2,1-2H3/b12-5-,13-6-. The monoisotopic (exact) mass is 671 g/mol. The molecular weight excluding hydrogens is 635 g/mol. The summed E-state index contributed by atoms with van der Waals surface area (Å²) in [6.45, 7) is 11.7. The zero-order chi connectivity index (χ0) is 35.9. The van der Waals surface area contributed by atoms with Crippen LogP contribution in [0.4, 0.5) is 11.4 Å². The fourth-order valence-corrected chi connectivity index (χ4v) is 6.37. The molecule has 52 heavy (non-hydrogen) atoms. The summed E-state index contributed by atoms with van der Waals surface area (Å²) in [5, 5.41) is 0. The van der Waals surface area contributed by atoms with Crippen LogP contribution in [0.5, 0.6) is 0 Å². The normalized spacial score (nSPS) is 11.3. The highest BCUT2D eigenvalue weighted by Gasteiger charge is 2.15. The molecule has 5 nitrogen and oxygen atoms in total. The van der Waals surface area contributed by atoms with E-state index in [0.29, 0.717) is 17.5 Å². The zero-order valence-corrected chi connectivity index (χ0v) is 29.2. The van der Waals surface area contributed by atoms with Gasteiger partial charge in [-0.15, -0.1) is 0 Å². The molecule has 7 rings (SSSR count). The molecule has 1 aromatic heterocycles. The summed E-state index contributed by atoms with van der Waals surface area (Å²) in [6.07, 6.45) is 8.11. The van der Waals surface area contributed by atoms with Gasteiger partial charge >= 0.3 is 0 Å². The van der Waals surface area contributed by atoms with Gasteiger partial charge in [-0.2, -0.15) is 0 Å². The van der Waals surface area contributed by atoms with E-state index in [1.807, 2.05) is 80.6 Å². The van der Waals surface area contributed by atoms with E-state index in [1.165, 1.54) is 0 Å². The van der Waals surface area contributed by atoms with E-state index in [1.54, 1.807) is 0 Å². The molecule has 0 aliphatic carbocycles. The van der Waals surface area contributed by atoms with Gasteiger partial charge in [0.1, 0.15) is 0 Å². The van der Waals surface area contributed by atoms with Crippen molar-refractivity contribution in [2.75, 3.05) is 0 Å². The van der Waals surface area contributed by atoms with Gasteiger partial charge in [-0.3, -0.25) is 9.98 Å². The Labute approximate surface area is 305 Å². The van der Waals surface area contributed by atoms with Crippen LogP contribution in [0.25, 0.3) is 79.7 Å². The minimum atomic E-state index is 0.588. The van der Waals surface area contributed by atoms with Crippen molar-refractivity contribution in [2.24, 2.45) is 9.98 Å². The number of allylic oxidation sites excluding steroid dienone is 2. The summed E-state index contributed by atoms with van der Waals surface area (Å²) in [5.41, 5.74) is 12.8. The molecule has 5 heteroatoms. The molecule has 0 aliphatic heterocycles. The average molecular weight is 672 g/mol. The Morgan fingerprint density at radius 1 is 0.385 bits per heavy atom. The first kappa shape index (κ1) is 33.6. The molecule has 0 N–H and O–H groups in total. The van der Waals surface area contributed by atoms with Gasteiger partial charge in [0.25, 0.3) is 0 Å². The van der Waals surface area contributed by atoms with Crippen LogP contribution in [0.3, 0.4) is 0 Å². The van der Waals surface area contributed by atoms with Gasteiger partial charge in [-0.05, 0) is 49.5 Å². The fourth-order valence-electron chi connectivity index (χ4n) is 6.37. The van der Waals surface area contributed by atoms with Gasteiger partial charge in [-0.1, -0.05) is 164 Å². The lowest BCUT2D eigenvalue weighted by Gasteiger charge is -2.12. The minimum absolute atomic E-state index is 0.588. The van der Waals surface area contributed by atoms with Crippen molar-refractivity contribution in [3.8, 4) is 67.5 Å². The number of hydrogen-bond acceptors (Lipinski definition) is 5. The lowest BCUT2D eigenvalue weighted by molar-refractivity contribution is 1.07. The maximum atomic E-state index is 5.02. The highest BCUT2D eigenvalue weighted by Crippen LogP contribution is 2.37. The number of benzene rings is 6. The van der Waals surface area contributed by atoms with Crippen LogP contribution in [0.15, 0.2) is 162 Å². The third-order valence-corrected chi connectivity index (χ3v) is 8.94. The summed E-state index contributed by atoms with van der Waals surface area (Å²) in [4.78, 5) is 23.8. The van der Waals surface area contributed by atoms with Crippen LogP contribution in [-0.4, -0.2) is 28.4 Å². The molecule has 0 spiro atoms. The van der Waals surface area contributed by atoms with Crippen LogP contribution in [0, 0.1) is 0 Å². The number of hydrogen-bond donors (Lipinski definition) is 0. The Kier molecular flexibility index (Phi) is 9.94. The Balaban J connectivity index is 1.30. The molecule has 250 valence electrons. The van der Waals surface area contributed by atoms with E-state index in [4.69, 9.17) is 15.0 Å². The topological polar surface area (TPSA) is 63.4 Å². The molecule has 0 atom stereocenters. The largest absolute Gasteiger partial charge is 0.263 e. The van der Waals surface area contributed by atoms with E-state index in [2.05, 4.69) is 120 Å². The van der Waals surface area contributed by atoms with E-state index >= 15 is 0 Å². The van der Waals surface area contributed by atoms with E-state index in [-0.39, 0.29) is 0 Å². The molecule has 0 bridgehead atoms. The molecule has 0 unspecified atom stereocenters. The first-order valence-corrected chi connectivity index (χ1v) is 17.2. The molecule has 0 amide bonds. The summed E-state index contributed by atoms with van der Waals surface area (Å²) in [6, 6.07) is 47.5. The molecule has 0 aliphatic rings. The molecule has 0 saturated carbocycles. The Bertz CT molecular complexity index is 2290. The number of aliphatic imine (C=N–C) groups is 2. The second-order valence-electron chi connectivity index (χ2n) is 12.2. The Hall–Kier alpha value is -6.85. The summed E-state index contributed by atoms with van der Waals surface area (Å²) < 4.78 is 0. The van der Waals surface area contributed by atoms with E-state index < -0.39 is 0 Å². The summed E-state index contributed by atoms with van der Waals surface area (Å²) in [7, 11) is 0. The van der Waals surface area contributed by atoms with Gasteiger partial charge in [0, 0.05) is 38.9 Å².